The molecular weight excluding hydrogens is 473 g/mol. The van der Waals surface area contributed by atoms with Gasteiger partial charge < -0.3 is 29.2 Å². The molecule has 4 unspecified atom stereocenters. The molecule has 0 aromatic rings. The summed E-state index contributed by atoms with van der Waals surface area (Å²) in [6.45, 7) is -0.552. The van der Waals surface area contributed by atoms with Crippen LogP contribution in [-0.4, -0.2) is 62.8 Å². The van der Waals surface area contributed by atoms with Crippen molar-refractivity contribution >= 4 is 35.8 Å². The molecule has 0 aromatic carbocycles. The maximum atomic E-state index is 11.6. The first kappa shape index (κ1) is 28.6. The van der Waals surface area contributed by atoms with Crippen molar-refractivity contribution in [3.8, 4) is 12.8 Å². The van der Waals surface area contributed by atoms with Crippen molar-refractivity contribution < 1.29 is 60.7 Å². The van der Waals surface area contributed by atoms with Crippen LogP contribution in [0.1, 0.15) is 12.8 Å². The summed E-state index contributed by atoms with van der Waals surface area (Å²) in [6.07, 6.45) is 10.2. The molecule has 2 amide bonds. The third-order valence-corrected chi connectivity index (χ3v) is 6.84. The zero-order chi connectivity index (χ0) is 23.6. The van der Waals surface area contributed by atoms with Crippen molar-refractivity contribution in [2.24, 2.45) is 0 Å². The number of rotatable bonds is 11. The number of carbonyl (C=O) groups excluding carboxylic acids is 2. The number of terminal acetylenes is 1. The minimum atomic E-state index is -5.57. The van der Waals surface area contributed by atoms with Gasteiger partial charge in [-0.2, -0.15) is 8.62 Å². The van der Waals surface area contributed by atoms with E-state index in [-0.39, 0.29) is 6.41 Å². The summed E-state index contributed by atoms with van der Waals surface area (Å²) in [4.78, 5) is 58.0. The average molecular weight is 494 g/mol. The topological polar surface area (TPSA) is 218 Å². The lowest BCUT2D eigenvalue weighted by Gasteiger charge is -2.23. The summed E-state index contributed by atoms with van der Waals surface area (Å²) in [5.74, 6) is -0.649. The molecule has 5 N–H and O–H groups in total. The molecule has 1 heterocycles. The molecule has 4 atom stereocenters. The van der Waals surface area contributed by atoms with Crippen LogP contribution in [0.3, 0.4) is 0 Å². The Morgan fingerprint density at radius 2 is 1.77 bits per heavy atom. The molecular formula is C12H21N2O13P3. The zero-order valence-corrected chi connectivity index (χ0v) is 18.1. The lowest BCUT2D eigenvalue weighted by molar-refractivity contribution is -0.121. The number of ether oxygens (including phenoxy) is 1. The smallest absolute Gasteiger partial charge is 0.355 e. The summed E-state index contributed by atoms with van der Waals surface area (Å²) in [6, 6.07) is 0. The SMILES string of the molecule is C#C.CN(/C=C\C(=O)NC=O)C1CCC(COP(=O)(O)OP(=O)(O)OP(=O)(O)O)O1. The third kappa shape index (κ3) is 12.3. The lowest BCUT2D eigenvalue weighted by atomic mass is 10.2. The normalized spacial score (nSPS) is 22.9. The Hall–Kier alpha value is -1.39. The van der Waals surface area contributed by atoms with Crippen LogP contribution in [0.25, 0.3) is 0 Å². The van der Waals surface area contributed by atoms with Crippen LogP contribution in [-0.2, 0) is 41.2 Å². The second-order valence-electron chi connectivity index (χ2n) is 5.28. The highest BCUT2D eigenvalue weighted by Gasteiger charge is 2.41. The van der Waals surface area contributed by atoms with Gasteiger partial charge in [0.15, 0.2) is 0 Å². The van der Waals surface area contributed by atoms with Gasteiger partial charge in [-0.05, 0) is 12.8 Å². The van der Waals surface area contributed by atoms with Crippen molar-refractivity contribution in [2.45, 2.75) is 25.2 Å². The predicted molar refractivity (Wildman–Crippen MR) is 98.7 cm³/mol. The van der Waals surface area contributed by atoms with Crippen molar-refractivity contribution in [1.82, 2.24) is 10.2 Å². The van der Waals surface area contributed by atoms with Gasteiger partial charge in [-0.15, -0.1) is 12.8 Å². The molecule has 15 nitrogen and oxygen atoms in total. The van der Waals surface area contributed by atoms with Crippen LogP contribution >= 0.6 is 23.5 Å². The Bertz CT molecular complexity index is 779. The molecule has 0 aliphatic carbocycles. The number of phosphoric acid groups is 3. The van der Waals surface area contributed by atoms with Crippen LogP contribution in [0.15, 0.2) is 12.3 Å². The molecule has 1 rings (SSSR count). The molecule has 172 valence electrons. The Labute approximate surface area is 171 Å². The average Bonchev–Trinajstić information content (AvgIpc) is 3.06. The number of imide groups is 1. The van der Waals surface area contributed by atoms with Gasteiger partial charge in [-0.3, -0.25) is 19.4 Å². The van der Waals surface area contributed by atoms with Gasteiger partial charge in [-0.25, -0.2) is 13.7 Å². The van der Waals surface area contributed by atoms with E-state index in [2.05, 4.69) is 26.0 Å². The number of hydrogen-bond donors (Lipinski definition) is 5. The van der Waals surface area contributed by atoms with Gasteiger partial charge in [0.2, 0.25) is 6.41 Å². The van der Waals surface area contributed by atoms with Crippen LogP contribution in [0.4, 0.5) is 0 Å². The summed E-state index contributed by atoms with van der Waals surface area (Å²) in [7, 11) is -14.7. The van der Waals surface area contributed by atoms with Gasteiger partial charge in [0.1, 0.15) is 6.23 Å². The second kappa shape index (κ2) is 12.5. The molecule has 0 aromatic heterocycles. The van der Waals surface area contributed by atoms with Gasteiger partial charge in [0.05, 0.1) is 12.7 Å². The van der Waals surface area contributed by atoms with E-state index in [0.29, 0.717) is 12.8 Å². The van der Waals surface area contributed by atoms with Crippen LogP contribution in [0.5, 0.6) is 0 Å². The molecule has 1 aliphatic heterocycles. The van der Waals surface area contributed by atoms with Crippen LogP contribution < -0.4 is 5.32 Å². The predicted octanol–water partition coefficient (Wildman–Crippen LogP) is -0.198. The molecule has 0 saturated carbocycles. The van der Waals surface area contributed by atoms with E-state index >= 15 is 0 Å². The third-order valence-electron chi connectivity index (χ3n) is 3.04. The van der Waals surface area contributed by atoms with Gasteiger partial charge >= 0.3 is 23.5 Å². The Morgan fingerprint density at radius 3 is 2.30 bits per heavy atom. The summed E-state index contributed by atoms with van der Waals surface area (Å²) in [5.41, 5.74) is 0. The van der Waals surface area contributed by atoms with Crippen molar-refractivity contribution in [3.63, 3.8) is 0 Å². The van der Waals surface area contributed by atoms with E-state index in [1.807, 2.05) is 5.32 Å². The monoisotopic (exact) mass is 494 g/mol. The molecule has 0 spiro atoms. The second-order valence-corrected chi connectivity index (χ2v) is 9.70. The molecule has 18 heteroatoms. The fourth-order valence-corrected chi connectivity index (χ4v) is 5.03. The van der Waals surface area contributed by atoms with Gasteiger partial charge in [-0.1, -0.05) is 0 Å². The van der Waals surface area contributed by atoms with E-state index in [1.54, 1.807) is 7.05 Å². The van der Waals surface area contributed by atoms with Gasteiger partial charge in [0.25, 0.3) is 5.91 Å². The van der Waals surface area contributed by atoms with E-state index in [4.69, 9.17) is 19.4 Å². The Balaban J connectivity index is 0.00000407. The number of hydrogen-bond acceptors (Lipinski definition) is 10. The van der Waals surface area contributed by atoms with Gasteiger partial charge in [0, 0.05) is 19.3 Å². The number of phosphoric ester groups is 1. The summed E-state index contributed by atoms with van der Waals surface area (Å²) in [5, 5.41) is 1.90. The quantitative estimate of drug-likeness (QED) is 0.109. The largest absolute Gasteiger partial charge is 0.490 e. The van der Waals surface area contributed by atoms with E-state index in [0.717, 1.165) is 6.08 Å². The summed E-state index contributed by atoms with van der Waals surface area (Å²) < 4.78 is 50.5. The number of amides is 2. The van der Waals surface area contributed by atoms with Crippen molar-refractivity contribution in [1.29, 1.82) is 0 Å². The fraction of sp³-hybridized carbons (Fsp3) is 0.500. The maximum Gasteiger partial charge on any atom is 0.490 e. The van der Waals surface area contributed by atoms with E-state index in [9.17, 15) is 28.2 Å². The number of nitrogens with zero attached hydrogens (tertiary/aromatic N) is 1. The summed E-state index contributed by atoms with van der Waals surface area (Å²) >= 11 is 0. The first-order valence-corrected chi connectivity index (χ1v) is 12.2. The first-order valence-electron chi connectivity index (χ1n) is 7.64. The zero-order valence-electron chi connectivity index (χ0n) is 15.4. The molecule has 1 saturated heterocycles. The number of nitrogens with one attached hydrogen (secondary N) is 1. The minimum Gasteiger partial charge on any atom is -0.355 e. The number of carbonyl (C=O) groups is 2. The minimum absolute atomic E-state index is 0.220. The molecule has 0 bridgehead atoms. The first-order chi connectivity index (χ1) is 13.7. The highest BCUT2D eigenvalue weighted by molar-refractivity contribution is 7.66. The lowest BCUT2D eigenvalue weighted by Crippen LogP contribution is -2.29. The Morgan fingerprint density at radius 1 is 1.17 bits per heavy atom. The molecule has 1 fully saturated rings. The van der Waals surface area contributed by atoms with Crippen LogP contribution in [0.2, 0.25) is 0 Å². The highest BCUT2D eigenvalue weighted by Crippen LogP contribution is 2.66. The van der Waals surface area contributed by atoms with Crippen molar-refractivity contribution in [3.05, 3.63) is 12.3 Å². The van der Waals surface area contributed by atoms with E-state index < -0.39 is 48.3 Å². The van der Waals surface area contributed by atoms with Crippen molar-refractivity contribution in [2.75, 3.05) is 13.7 Å². The standard InChI is InChI=1S/C10H19N2O13P3.C2H2/c1-12(5-4-9(14)11-7-13)10-3-2-8(23-10)6-22-27(18,19)25-28(20,21)24-26(15,16)17;1-2/h4-5,7-8,10H,2-3,6H2,1H3,(H,18,19)(H,20,21)(H,11,13,14)(H2,15,16,17);1-2H/b5-4-;. The maximum absolute atomic E-state index is 11.6. The Kier molecular flexibility index (Phi) is 11.9. The molecule has 0 radical (unpaired) electrons. The molecule has 30 heavy (non-hydrogen) atoms. The fourth-order valence-electron chi connectivity index (χ4n) is 1.98. The van der Waals surface area contributed by atoms with E-state index in [1.165, 1.54) is 11.1 Å². The molecule has 1 aliphatic rings. The highest BCUT2D eigenvalue weighted by atomic mass is 31.3. The van der Waals surface area contributed by atoms with Crippen LogP contribution in [0, 0.1) is 12.8 Å².